The van der Waals surface area contributed by atoms with Crippen molar-refractivity contribution in [2.24, 2.45) is 0 Å². The van der Waals surface area contributed by atoms with Crippen LogP contribution in [0.5, 0.6) is 0 Å². The number of hydrogen-bond donors (Lipinski definition) is 0. The van der Waals surface area contributed by atoms with Gasteiger partial charge in [-0.2, -0.15) is 0 Å². The van der Waals surface area contributed by atoms with Crippen molar-refractivity contribution in [3.8, 4) is 0 Å². The summed E-state index contributed by atoms with van der Waals surface area (Å²) in [5, 5.41) is 0. The number of halogens is 2. The van der Waals surface area contributed by atoms with E-state index in [0.717, 1.165) is 35.0 Å². The van der Waals surface area contributed by atoms with Crippen molar-refractivity contribution in [1.29, 1.82) is 0 Å². The first-order valence-electron chi connectivity index (χ1n) is 7.97. The Morgan fingerprint density at radius 1 is 0.955 bits per heavy atom. The van der Waals surface area contributed by atoms with Gasteiger partial charge >= 0.3 is 0 Å². The first-order chi connectivity index (χ1) is 10.8. The minimum atomic E-state index is -0.00292. The van der Waals surface area contributed by atoms with Crippen LogP contribution in [0.4, 0.5) is 0 Å². The van der Waals surface area contributed by atoms with E-state index in [9.17, 15) is 0 Å². The van der Waals surface area contributed by atoms with Crippen molar-refractivity contribution in [3.63, 3.8) is 0 Å². The van der Waals surface area contributed by atoms with Crippen molar-refractivity contribution in [2.45, 2.75) is 55.5 Å². The molecule has 124 valence electrons. The summed E-state index contributed by atoms with van der Waals surface area (Å²) in [5.74, 6) is 0. The summed E-state index contributed by atoms with van der Waals surface area (Å²) in [5.41, 5.74) is 1.37. The van der Waals surface area contributed by atoms with Gasteiger partial charge in [0.05, 0.1) is 0 Å². The Bertz CT molecular complexity index is 385. The highest BCUT2D eigenvalue weighted by atomic mass is 127. The molecule has 3 rings (SSSR count). The molecule has 0 spiro atoms. The van der Waals surface area contributed by atoms with Gasteiger partial charge < -0.3 is 14.2 Å². The molecule has 0 aliphatic carbocycles. The number of ether oxygens (including phenoxy) is 3. The number of benzene rings is 1. The number of rotatable bonds is 3. The van der Waals surface area contributed by atoms with Gasteiger partial charge in [-0.1, -0.05) is 50.7 Å². The standard InChI is InChI=1S/C10H18O3.C7H6BrI/c1-3-7-11-9(5-1)13-10-6-2-4-8-12-10;8-7-3-1-6(5-9)2-4-7/h9-10H,1-8H2;1-4H,5H2. The molecule has 3 nitrogen and oxygen atoms in total. The van der Waals surface area contributed by atoms with E-state index in [4.69, 9.17) is 14.2 Å². The molecule has 1 aromatic carbocycles. The lowest BCUT2D eigenvalue weighted by molar-refractivity contribution is -0.264. The molecule has 2 atom stereocenters. The summed E-state index contributed by atoms with van der Waals surface area (Å²) < 4.78 is 18.9. The van der Waals surface area contributed by atoms with E-state index in [1.165, 1.54) is 31.2 Å². The average Bonchev–Trinajstić information content (AvgIpc) is 2.58. The maximum atomic E-state index is 5.69. The monoisotopic (exact) mass is 482 g/mol. The summed E-state index contributed by atoms with van der Waals surface area (Å²) in [6, 6.07) is 8.37. The molecule has 1 aromatic rings. The second-order valence-electron chi connectivity index (χ2n) is 5.49. The Hall–Kier alpha value is 0.310. The second-order valence-corrected chi connectivity index (χ2v) is 7.17. The van der Waals surface area contributed by atoms with Crippen molar-refractivity contribution in [2.75, 3.05) is 13.2 Å². The largest absolute Gasteiger partial charge is 0.353 e. The summed E-state index contributed by atoms with van der Waals surface area (Å²) in [4.78, 5) is 0. The van der Waals surface area contributed by atoms with Gasteiger partial charge in [0.15, 0.2) is 12.6 Å². The fourth-order valence-corrected chi connectivity index (χ4v) is 3.15. The third kappa shape index (κ3) is 7.25. The van der Waals surface area contributed by atoms with Gasteiger partial charge in [-0.3, -0.25) is 0 Å². The quantitative estimate of drug-likeness (QED) is 0.424. The van der Waals surface area contributed by atoms with E-state index < -0.39 is 0 Å². The number of alkyl halides is 1. The maximum Gasteiger partial charge on any atom is 0.160 e. The molecular formula is C17H24BrIO3. The van der Waals surface area contributed by atoms with Crippen LogP contribution in [0, 0.1) is 0 Å². The SMILES string of the molecule is Brc1ccc(CI)cc1.C1CCC(OC2CCCCO2)OC1. The van der Waals surface area contributed by atoms with E-state index in [2.05, 4.69) is 62.8 Å². The third-order valence-electron chi connectivity index (χ3n) is 3.65. The minimum absolute atomic E-state index is 0.00292. The second kappa shape index (κ2) is 11.0. The molecule has 2 aliphatic rings. The molecule has 2 heterocycles. The van der Waals surface area contributed by atoms with Crippen LogP contribution in [0.3, 0.4) is 0 Å². The number of hydrogen-bond acceptors (Lipinski definition) is 3. The van der Waals surface area contributed by atoms with Crippen LogP contribution < -0.4 is 0 Å². The Morgan fingerprint density at radius 3 is 1.91 bits per heavy atom. The van der Waals surface area contributed by atoms with Crippen LogP contribution in [-0.2, 0) is 18.6 Å². The molecule has 2 unspecified atom stereocenters. The van der Waals surface area contributed by atoms with E-state index in [1.807, 2.05) is 0 Å². The summed E-state index contributed by atoms with van der Waals surface area (Å²) in [6.07, 6.45) is 6.83. The average molecular weight is 483 g/mol. The fourth-order valence-electron chi connectivity index (χ4n) is 2.38. The van der Waals surface area contributed by atoms with Gasteiger partial charge in [-0.25, -0.2) is 0 Å². The molecule has 0 N–H and O–H groups in total. The summed E-state index contributed by atoms with van der Waals surface area (Å²) in [6.45, 7) is 1.69. The Morgan fingerprint density at radius 2 is 1.50 bits per heavy atom. The summed E-state index contributed by atoms with van der Waals surface area (Å²) >= 11 is 5.72. The van der Waals surface area contributed by atoms with Gasteiger partial charge in [-0.15, -0.1) is 0 Å². The minimum Gasteiger partial charge on any atom is -0.353 e. The van der Waals surface area contributed by atoms with Crippen molar-refractivity contribution in [3.05, 3.63) is 34.3 Å². The first kappa shape index (κ1) is 18.6. The van der Waals surface area contributed by atoms with E-state index in [0.29, 0.717) is 0 Å². The zero-order valence-corrected chi connectivity index (χ0v) is 16.6. The fraction of sp³-hybridized carbons (Fsp3) is 0.647. The predicted octanol–water partition coefficient (Wildman–Crippen LogP) is 5.44. The highest BCUT2D eigenvalue weighted by Gasteiger charge is 2.21. The van der Waals surface area contributed by atoms with Crippen LogP contribution in [0.2, 0.25) is 0 Å². The lowest BCUT2D eigenvalue weighted by atomic mass is 10.2. The smallest absolute Gasteiger partial charge is 0.160 e. The molecule has 5 heteroatoms. The molecule has 0 saturated carbocycles. The molecule has 0 bridgehead atoms. The molecular weight excluding hydrogens is 459 g/mol. The van der Waals surface area contributed by atoms with Gasteiger partial charge in [0.2, 0.25) is 0 Å². The van der Waals surface area contributed by atoms with Gasteiger partial charge in [0.25, 0.3) is 0 Å². The molecule has 0 radical (unpaired) electrons. The van der Waals surface area contributed by atoms with Gasteiger partial charge in [-0.05, 0) is 56.2 Å². The molecule has 2 fully saturated rings. The Labute approximate surface area is 155 Å². The molecule has 22 heavy (non-hydrogen) atoms. The predicted molar refractivity (Wildman–Crippen MR) is 100 cm³/mol. The zero-order valence-electron chi connectivity index (χ0n) is 12.8. The van der Waals surface area contributed by atoms with E-state index in [-0.39, 0.29) is 12.6 Å². The first-order valence-corrected chi connectivity index (χ1v) is 10.3. The zero-order chi connectivity index (χ0) is 15.6. The Balaban J connectivity index is 0.000000172. The third-order valence-corrected chi connectivity index (χ3v) is 5.06. The molecule has 0 aromatic heterocycles. The highest BCUT2D eigenvalue weighted by molar-refractivity contribution is 14.1. The van der Waals surface area contributed by atoms with Crippen LogP contribution in [0.1, 0.15) is 44.1 Å². The lowest BCUT2D eigenvalue weighted by Gasteiger charge is -2.29. The Kier molecular flexibility index (Phi) is 9.30. The lowest BCUT2D eigenvalue weighted by Crippen LogP contribution is -2.31. The topological polar surface area (TPSA) is 27.7 Å². The normalized spacial score (nSPS) is 25.2. The molecule has 0 amide bonds. The van der Waals surface area contributed by atoms with Crippen molar-refractivity contribution < 1.29 is 14.2 Å². The highest BCUT2D eigenvalue weighted by Crippen LogP contribution is 2.20. The molecule has 2 saturated heterocycles. The van der Waals surface area contributed by atoms with Crippen LogP contribution in [0.25, 0.3) is 0 Å². The maximum absolute atomic E-state index is 5.69. The van der Waals surface area contributed by atoms with Crippen LogP contribution in [0.15, 0.2) is 28.7 Å². The van der Waals surface area contributed by atoms with E-state index in [1.54, 1.807) is 0 Å². The van der Waals surface area contributed by atoms with Gasteiger partial charge in [0.1, 0.15) is 0 Å². The molecule has 2 aliphatic heterocycles. The summed E-state index contributed by atoms with van der Waals surface area (Å²) in [7, 11) is 0. The van der Waals surface area contributed by atoms with Crippen LogP contribution >= 0.6 is 38.5 Å². The van der Waals surface area contributed by atoms with Crippen molar-refractivity contribution in [1.82, 2.24) is 0 Å². The van der Waals surface area contributed by atoms with Gasteiger partial charge in [0, 0.05) is 22.1 Å². The van der Waals surface area contributed by atoms with E-state index >= 15 is 0 Å². The van der Waals surface area contributed by atoms with Crippen LogP contribution in [-0.4, -0.2) is 25.8 Å². The van der Waals surface area contributed by atoms with Crippen molar-refractivity contribution >= 4 is 38.5 Å².